The van der Waals surface area contributed by atoms with Crippen molar-refractivity contribution in [1.29, 1.82) is 0 Å². The minimum absolute atomic E-state index is 0.178. The number of carbonyl (C=O) groups is 1. The van der Waals surface area contributed by atoms with Gasteiger partial charge in [0, 0.05) is 24.8 Å². The number of anilines is 1. The van der Waals surface area contributed by atoms with Gasteiger partial charge < -0.3 is 16.0 Å². The minimum atomic E-state index is -0.428. The molecule has 5 heteroatoms. The highest BCUT2D eigenvalue weighted by molar-refractivity contribution is 5.99. The van der Waals surface area contributed by atoms with Crippen molar-refractivity contribution in [2.75, 3.05) is 25.4 Å². The summed E-state index contributed by atoms with van der Waals surface area (Å²) >= 11 is 0. The molecule has 1 aliphatic heterocycles. The van der Waals surface area contributed by atoms with Gasteiger partial charge in [0.1, 0.15) is 5.82 Å². The fourth-order valence-electron chi connectivity index (χ4n) is 2.57. The molecule has 0 saturated carbocycles. The normalized spacial score (nSPS) is 19.5. The maximum atomic E-state index is 12.9. The SMILES string of the molecule is CC(C)N1CCC(CNC(=O)c2ccc(F)cc2N)C1. The van der Waals surface area contributed by atoms with Gasteiger partial charge in [-0.2, -0.15) is 0 Å². The van der Waals surface area contributed by atoms with Gasteiger partial charge in [-0.3, -0.25) is 4.79 Å². The second-order valence-electron chi connectivity index (χ2n) is 5.68. The van der Waals surface area contributed by atoms with Gasteiger partial charge in [0.15, 0.2) is 0 Å². The first-order valence-corrected chi connectivity index (χ1v) is 7.04. The predicted molar refractivity (Wildman–Crippen MR) is 78.0 cm³/mol. The standard InChI is InChI=1S/C15H22FN3O/c1-10(2)19-6-5-11(9-19)8-18-15(20)13-4-3-12(16)7-14(13)17/h3-4,7,10-11H,5-6,8-9,17H2,1-2H3,(H,18,20). The van der Waals surface area contributed by atoms with E-state index in [1.165, 1.54) is 18.2 Å². The number of nitrogens with one attached hydrogen (secondary N) is 1. The second kappa shape index (κ2) is 6.22. The number of carbonyl (C=O) groups excluding carboxylic acids is 1. The Labute approximate surface area is 119 Å². The molecule has 2 rings (SSSR count). The zero-order chi connectivity index (χ0) is 14.7. The van der Waals surface area contributed by atoms with Crippen molar-refractivity contribution in [3.63, 3.8) is 0 Å². The Morgan fingerprint density at radius 2 is 2.30 bits per heavy atom. The first kappa shape index (κ1) is 14.8. The van der Waals surface area contributed by atoms with E-state index in [-0.39, 0.29) is 11.6 Å². The van der Waals surface area contributed by atoms with Gasteiger partial charge in [-0.1, -0.05) is 0 Å². The summed E-state index contributed by atoms with van der Waals surface area (Å²) in [6, 6.07) is 4.39. The summed E-state index contributed by atoms with van der Waals surface area (Å²) in [5, 5.41) is 2.89. The van der Waals surface area contributed by atoms with Crippen LogP contribution in [0.3, 0.4) is 0 Å². The Morgan fingerprint density at radius 1 is 1.55 bits per heavy atom. The van der Waals surface area contributed by atoms with E-state index in [0.717, 1.165) is 19.5 Å². The molecule has 1 atom stereocenters. The molecule has 1 aromatic carbocycles. The largest absolute Gasteiger partial charge is 0.398 e. The lowest BCUT2D eigenvalue weighted by Gasteiger charge is -2.20. The monoisotopic (exact) mass is 279 g/mol. The molecular weight excluding hydrogens is 257 g/mol. The average molecular weight is 279 g/mol. The van der Waals surface area contributed by atoms with Gasteiger partial charge in [0.2, 0.25) is 0 Å². The van der Waals surface area contributed by atoms with Crippen molar-refractivity contribution >= 4 is 11.6 Å². The number of rotatable bonds is 4. The van der Waals surface area contributed by atoms with E-state index in [0.29, 0.717) is 24.1 Å². The van der Waals surface area contributed by atoms with Crippen molar-refractivity contribution in [1.82, 2.24) is 10.2 Å². The first-order chi connectivity index (χ1) is 9.47. The average Bonchev–Trinajstić information content (AvgIpc) is 2.85. The van der Waals surface area contributed by atoms with Crippen molar-refractivity contribution in [2.24, 2.45) is 5.92 Å². The summed E-state index contributed by atoms with van der Waals surface area (Å²) in [6.07, 6.45) is 1.09. The number of nitrogen functional groups attached to an aromatic ring is 1. The predicted octanol–water partition coefficient (Wildman–Crippen LogP) is 1.87. The minimum Gasteiger partial charge on any atom is -0.398 e. The summed E-state index contributed by atoms with van der Waals surface area (Å²) in [6.45, 7) is 7.09. The maximum Gasteiger partial charge on any atom is 0.253 e. The van der Waals surface area contributed by atoms with Gasteiger partial charge in [0.05, 0.1) is 5.56 Å². The second-order valence-corrected chi connectivity index (χ2v) is 5.68. The molecular formula is C15H22FN3O. The van der Waals surface area contributed by atoms with E-state index in [9.17, 15) is 9.18 Å². The molecule has 0 aromatic heterocycles. The molecule has 1 heterocycles. The molecule has 1 aliphatic rings. The number of nitrogens with zero attached hydrogens (tertiary/aromatic N) is 1. The highest BCUT2D eigenvalue weighted by atomic mass is 19.1. The molecule has 0 radical (unpaired) electrons. The molecule has 3 N–H and O–H groups in total. The molecule has 4 nitrogen and oxygen atoms in total. The fourth-order valence-corrected chi connectivity index (χ4v) is 2.57. The molecule has 1 fully saturated rings. The van der Waals surface area contributed by atoms with Crippen LogP contribution in [0.4, 0.5) is 10.1 Å². The number of hydrogen-bond acceptors (Lipinski definition) is 3. The third-order valence-corrected chi connectivity index (χ3v) is 3.86. The smallest absolute Gasteiger partial charge is 0.253 e. The number of halogens is 1. The summed E-state index contributed by atoms with van der Waals surface area (Å²) in [7, 11) is 0. The van der Waals surface area contributed by atoms with Gasteiger partial charge in [-0.05, 0) is 50.9 Å². The van der Waals surface area contributed by atoms with Crippen molar-refractivity contribution < 1.29 is 9.18 Å². The van der Waals surface area contributed by atoms with Crippen molar-refractivity contribution in [2.45, 2.75) is 26.3 Å². The van der Waals surface area contributed by atoms with Crippen LogP contribution < -0.4 is 11.1 Å². The van der Waals surface area contributed by atoms with Crippen LogP contribution in [-0.4, -0.2) is 36.5 Å². The van der Waals surface area contributed by atoms with Gasteiger partial charge in [-0.25, -0.2) is 4.39 Å². The van der Waals surface area contributed by atoms with E-state index in [2.05, 4.69) is 24.1 Å². The van der Waals surface area contributed by atoms with Crippen LogP contribution >= 0.6 is 0 Å². The molecule has 1 amide bonds. The number of benzene rings is 1. The molecule has 0 spiro atoms. The van der Waals surface area contributed by atoms with Crippen LogP contribution in [0, 0.1) is 11.7 Å². The van der Waals surface area contributed by atoms with E-state index in [1.807, 2.05) is 0 Å². The highest BCUT2D eigenvalue weighted by Crippen LogP contribution is 2.18. The van der Waals surface area contributed by atoms with Gasteiger partial charge >= 0.3 is 0 Å². The zero-order valence-electron chi connectivity index (χ0n) is 12.0. The molecule has 0 bridgehead atoms. The summed E-state index contributed by atoms with van der Waals surface area (Å²) in [5.74, 6) is -0.184. The van der Waals surface area contributed by atoms with Crippen LogP contribution in [0.1, 0.15) is 30.6 Å². The van der Waals surface area contributed by atoms with Gasteiger partial charge in [-0.15, -0.1) is 0 Å². The third-order valence-electron chi connectivity index (χ3n) is 3.86. The molecule has 0 aliphatic carbocycles. The Hall–Kier alpha value is -1.62. The highest BCUT2D eigenvalue weighted by Gasteiger charge is 2.24. The Balaban J connectivity index is 1.87. The molecule has 1 saturated heterocycles. The van der Waals surface area contributed by atoms with E-state index >= 15 is 0 Å². The summed E-state index contributed by atoms with van der Waals surface area (Å²) in [4.78, 5) is 14.4. The van der Waals surface area contributed by atoms with Crippen LogP contribution in [0.15, 0.2) is 18.2 Å². The number of hydrogen-bond donors (Lipinski definition) is 2. The Kier molecular flexibility index (Phi) is 4.60. The molecule has 1 unspecified atom stereocenters. The van der Waals surface area contributed by atoms with Gasteiger partial charge in [0.25, 0.3) is 5.91 Å². The quantitative estimate of drug-likeness (QED) is 0.827. The van der Waals surface area contributed by atoms with Crippen LogP contribution in [0.2, 0.25) is 0 Å². The van der Waals surface area contributed by atoms with E-state index in [4.69, 9.17) is 5.73 Å². The Morgan fingerprint density at radius 3 is 2.90 bits per heavy atom. The fraction of sp³-hybridized carbons (Fsp3) is 0.533. The number of nitrogens with two attached hydrogens (primary N) is 1. The number of likely N-dealkylation sites (tertiary alicyclic amines) is 1. The molecule has 20 heavy (non-hydrogen) atoms. The lowest BCUT2D eigenvalue weighted by atomic mass is 10.1. The third kappa shape index (κ3) is 3.48. The van der Waals surface area contributed by atoms with Crippen molar-refractivity contribution in [3.8, 4) is 0 Å². The van der Waals surface area contributed by atoms with Crippen molar-refractivity contribution in [3.05, 3.63) is 29.6 Å². The maximum absolute atomic E-state index is 12.9. The van der Waals surface area contributed by atoms with Crippen LogP contribution in [-0.2, 0) is 0 Å². The van der Waals surface area contributed by atoms with E-state index in [1.54, 1.807) is 0 Å². The lowest BCUT2D eigenvalue weighted by molar-refractivity contribution is 0.0948. The summed E-state index contributed by atoms with van der Waals surface area (Å²) < 4.78 is 12.9. The van der Waals surface area contributed by atoms with E-state index < -0.39 is 5.82 Å². The lowest BCUT2D eigenvalue weighted by Crippen LogP contribution is -2.33. The number of amides is 1. The van der Waals surface area contributed by atoms with Crippen LogP contribution in [0.5, 0.6) is 0 Å². The zero-order valence-corrected chi connectivity index (χ0v) is 12.0. The molecule has 110 valence electrons. The molecule has 1 aromatic rings. The van der Waals surface area contributed by atoms with Crippen LogP contribution in [0.25, 0.3) is 0 Å². The Bertz CT molecular complexity index is 490. The first-order valence-electron chi connectivity index (χ1n) is 7.04. The topological polar surface area (TPSA) is 58.4 Å². The summed E-state index contributed by atoms with van der Waals surface area (Å²) in [5.41, 5.74) is 6.18.